The number of likely N-dealkylation sites (tertiary alicyclic amines) is 1. The number of fused-ring (bicyclic) bond motifs is 1. The highest BCUT2D eigenvalue weighted by molar-refractivity contribution is 7.92. The molecule has 13 heteroatoms. The van der Waals surface area contributed by atoms with E-state index < -0.39 is 21.7 Å². The molecule has 0 radical (unpaired) electrons. The molecule has 1 aromatic carbocycles. The van der Waals surface area contributed by atoms with Crippen molar-refractivity contribution in [3.8, 4) is 0 Å². The molecule has 0 spiro atoms. The quantitative estimate of drug-likeness (QED) is 0.438. The van der Waals surface area contributed by atoms with E-state index in [4.69, 9.17) is 14.8 Å². The Hall–Kier alpha value is -3.87. The number of nitrogens with zero attached hydrogens (tertiary/aromatic N) is 5. The summed E-state index contributed by atoms with van der Waals surface area (Å²) in [5, 5.41) is 7.71. The lowest BCUT2D eigenvalue weighted by Crippen LogP contribution is -2.60. The molecule has 1 atom stereocenters. The molecule has 2 aromatic heterocycles. The number of aromatic nitrogens is 3. The number of carbonyl (C=O) groups excluding carboxylic acids is 2. The number of hydrogen-bond acceptors (Lipinski definition) is 8. The van der Waals surface area contributed by atoms with Crippen LogP contribution in [0.25, 0.3) is 5.65 Å². The number of sulfonamides is 1. The van der Waals surface area contributed by atoms with Crippen LogP contribution in [0.2, 0.25) is 0 Å². The molecule has 2 N–H and O–H groups in total. The number of carbonyl (C=O) groups is 2. The maximum atomic E-state index is 13.9. The molecule has 12 nitrogen and oxygen atoms in total. The van der Waals surface area contributed by atoms with Crippen LogP contribution < -0.4 is 14.9 Å². The van der Waals surface area contributed by atoms with Crippen LogP contribution in [0.4, 0.5) is 16.3 Å². The molecule has 0 aliphatic carbocycles. The van der Waals surface area contributed by atoms with Gasteiger partial charge in [0.1, 0.15) is 11.4 Å². The number of benzene rings is 1. The summed E-state index contributed by atoms with van der Waals surface area (Å²) in [6.45, 7) is 11.1. The Morgan fingerprint density at radius 1 is 1.10 bits per heavy atom. The predicted octanol–water partition coefficient (Wildman–Crippen LogP) is 3.80. The molecule has 0 saturated carbocycles. The van der Waals surface area contributed by atoms with Crippen LogP contribution in [0.3, 0.4) is 0 Å². The second-order valence-electron chi connectivity index (χ2n) is 12.3. The fourth-order valence-electron chi connectivity index (χ4n) is 5.48. The standard InChI is InChI=1S/C29H39N7O5S/c1-18-10-11-22(33-42(6,39)40)21(13-18)27(37)35-12-8-7-9-24(35)23-14-25-31-26(19(2)15-36(25)32-23)34-16-20(17-34)30-28(38)41-29(3,4)5/h10-11,13-15,20,24,33H,7-9,12,16-17H2,1-6H3,(H,30,38)/t24-/m0/s1. The molecule has 0 unspecified atom stereocenters. The highest BCUT2D eigenvalue weighted by atomic mass is 32.2. The van der Waals surface area contributed by atoms with Crippen molar-refractivity contribution in [1.29, 1.82) is 0 Å². The summed E-state index contributed by atoms with van der Waals surface area (Å²) >= 11 is 0. The first-order chi connectivity index (χ1) is 19.7. The minimum atomic E-state index is -3.57. The summed E-state index contributed by atoms with van der Waals surface area (Å²) in [5.41, 5.74) is 3.25. The topological polar surface area (TPSA) is 138 Å². The van der Waals surface area contributed by atoms with E-state index in [-0.39, 0.29) is 23.7 Å². The van der Waals surface area contributed by atoms with Crippen LogP contribution in [0.15, 0.2) is 30.5 Å². The number of ether oxygens (including phenoxy) is 1. The third-order valence-corrected chi connectivity index (χ3v) is 7.92. The van der Waals surface area contributed by atoms with Crippen LogP contribution in [-0.4, -0.2) is 77.4 Å². The van der Waals surface area contributed by atoms with Crippen molar-refractivity contribution >= 4 is 39.2 Å². The Kier molecular flexibility index (Phi) is 7.82. The molecule has 2 fully saturated rings. The van der Waals surface area contributed by atoms with Gasteiger partial charge in [-0.05, 0) is 66.0 Å². The number of rotatable bonds is 6. The van der Waals surface area contributed by atoms with Crippen molar-refractivity contribution in [3.63, 3.8) is 0 Å². The van der Waals surface area contributed by atoms with E-state index in [1.807, 2.05) is 46.9 Å². The Bertz CT molecular complexity index is 1620. The normalized spacial score (nSPS) is 18.1. The lowest BCUT2D eigenvalue weighted by molar-refractivity contribution is 0.0495. The molecule has 4 heterocycles. The SMILES string of the molecule is Cc1ccc(NS(C)(=O)=O)c(C(=O)N2CCCC[C@H]2c2cc3nc(N4CC(NC(=O)OC(C)(C)C)C4)c(C)cn3n2)c1. The van der Waals surface area contributed by atoms with E-state index in [1.54, 1.807) is 27.6 Å². The second kappa shape index (κ2) is 11.1. The number of hydrogen-bond donors (Lipinski definition) is 2. The highest BCUT2D eigenvalue weighted by Crippen LogP contribution is 2.34. The second-order valence-corrected chi connectivity index (χ2v) is 14.0. The Morgan fingerprint density at radius 3 is 2.52 bits per heavy atom. The van der Waals surface area contributed by atoms with Crippen molar-refractivity contribution in [2.24, 2.45) is 0 Å². The van der Waals surface area contributed by atoms with Gasteiger partial charge in [-0.2, -0.15) is 5.10 Å². The van der Waals surface area contributed by atoms with E-state index in [0.717, 1.165) is 48.2 Å². The van der Waals surface area contributed by atoms with Gasteiger partial charge in [-0.25, -0.2) is 22.7 Å². The molecular weight excluding hydrogens is 558 g/mol. The largest absolute Gasteiger partial charge is 0.444 e. The summed E-state index contributed by atoms with van der Waals surface area (Å²) in [4.78, 5) is 34.8. The van der Waals surface area contributed by atoms with Crippen molar-refractivity contribution < 1.29 is 22.7 Å². The number of anilines is 2. The van der Waals surface area contributed by atoms with Gasteiger partial charge < -0.3 is 19.9 Å². The molecular formula is C29H39N7O5S. The molecule has 226 valence electrons. The molecule has 3 aromatic rings. The third kappa shape index (κ3) is 6.61. The zero-order chi connectivity index (χ0) is 30.4. The molecule has 2 aliphatic heterocycles. The van der Waals surface area contributed by atoms with Crippen LogP contribution >= 0.6 is 0 Å². The minimum Gasteiger partial charge on any atom is -0.444 e. The number of aryl methyl sites for hydroxylation is 2. The first kappa shape index (κ1) is 29.6. The van der Waals surface area contributed by atoms with Gasteiger partial charge in [0.2, 0.25) is 10.0 Å². The Balaban J connectivity index is 1.36. The summed E-state index contributed by atoms with van der Waals surface area (Å²) in [5.74, 6) is 0.588. The van der Waals surface area contributed by atoms with Crippen molar-refractivity contribution in [3.05, 3.63) is 52.8 Å². The van der Waals surface area contributed by atoms with Gasteiger partial charge in [0, 0.05) is 37.5 Å². The predicted molar refractivity (Wildman–Crippen MR) is 160 cm³/mol. The smallest absolute Gasteiger partial charge is 0.407 e. The van der Waals surface area contributed by atoms with E-state index in [9.17, 15) is 18.0 Å². The van der Waals surface area contributed by atoms with E-state index >= 15 is 0 Å². The number of alkyl carbamates (subject to hydrolysis) is 1. The summed E-state index contributed by atoms with van der Waals surface area (Å²) in [6.07, 6.45) is 5.12. The van der Waals surface area contributed by atoms with Gasteiger partial charge in [0.25, 0.3) is 5.91 Å². The lowest BCUT2D eigenvalue weighted by Gasteiger charge is -2.41. The fraction of sp³-hybridized carbons (Fsp3) is 0.517. The molecule has 0 bridgehead atoms. The van der Waals surface area contributed by atoms with E-state index in [1.165, 1.54) is 0 Å². The fourth-order valence-corrected chi connectivity index (χ4v) is 6.06. The first-order valence-corrected chi connectivity index (χ1v) is 16.1. The molecule has 2 aliphatic rings. The third-order valence-electron chi connectivity index (χ3n) is 7.33. The number of nitrogens with one attached hydrogen (secondary N) is 2. The van der Waals surface area contributed by atoms with Crippen LogP contribution in [0.1, 0.15) is 73.3 Å². The molecule has 2 saturated heterocycles. The van der Waals surface area contributed by atoms with Crippen molar-refractivity contribution in [2.45, 2.75) is 71.6 Å². The monoisotopic (exact) mass is 597 g/mol. The number of amides is 2. The van der Waals surface area contributed by atoms with Crippen LogP contribution in [0.5, 0.6) is 0 Å². The van der Waals surface area contributed by atoms with Crippen LogP contribution in [-0.2, 0) is 14.8 Å². The summed E-state index contributed by atoms with van der Waals surface area (Å²) in [6, 6.07) is 6.75. The number of piperidine rings is 1. The Labute approximate surface area is 246 Å². The minimum absolute atomic E-state index is 0.0248. The van der Waals surface area contributed by atoms with Crippen molar-refractivity contribution in [1.82, 2.24) is 24.8 Å². The lowest BCUT2D eigenvalue weighted by atomic mass is 9.97. The van der Waals surface area contributed by atoms with E-state index in [2.05, 4.69) is 14.9 Å². The highest BCUT2D eigenvalue weighted by Gasteiger charge is 2.34. The Morgan fingerprint density at radius 2 is 1.83 bits per heavy atom. The first-order valence-electron chi connectivity index (χ1n) is 14.2. The van der Waals surface area contributed by atoms with Gasteiger partial charge in [0.15, 0.2) is 5.65 Å². The van der Waals surface area contributed by atoms with Gasteiger partial charge in [-0.3, -0.25) is 9.52 Å². The average molecular weight is 598 g/mol. The van der Waals surface area contributed by atoms with Crippen molar-refractivity contribution in [2.75, 3.05) is 35.5 Å². The molecule has 5 rings (SSSR count). The van der Waals surface area contributed by atoms with Gasteiger partial charge in [-0.15, -0.1) is 0 Å². The van der Waals surface area contributed by atoms with Gasteiger partial charge in [0.05, 0.1) is 35.3 Å². The average Bonchev–Trinajstić information content (AvgIpc) is 3.27. The van der Waals surface area contributed by atoms with Gasteiger partial charge >= 0.3 is 6.09 Å². The zero-order valence-electron chi connectivity index (χ0n) is 25.0. The molecule has 42 heavy (non-hydrogen) atoms. The van der Waals surface area contributed by atoms with Crippen LogP contribution in [0, 0.1) is 13.8 Å². The van der Waals surface area contributed by atoms with E-state index in [0.29, 0.717) is 30.8 Å². The summed E-state index contributed by atoms with van der Waals surface area (Å²) < 4.78 is 33.6. The summed E-state index contributed by atoms with van der Waals surface area (Å²) in [7, 11) is -3.57. The maximum absolute atomic E-state index is 13.9. The van der Waals surface area contributed by atoms with Gasteiger partial charge in [-0.1, -0.05) is 11.6 Å². The molecule has 2 amide bonds. The maximum Gasteiger partial charge on any atom is 0.407 e. The zero-order valence-corrected chi connectivity index (χ0v) is 25.8.